The van der Waals surface area contributed by atoms with Crippen molar-refractivity contribution in [1.82, 2.24) is 19.7 Å². The molecule has 1 atom stereocenters. The Labute approximate surface area is 149 Å². The van der Waals surface area contributed by atoms with Crippen LogP contribution in [0.15, 0.2) is 30.6 Å². The van der Waals surface area contributed by atoms with E-state index in [9.17, 15) is 9.18 Å². The fourth-order valence-corrected chi connectivity index (χ4v) is 2.56. The summed E-state index contributed by atoms with van der Waals surface area (Å²) in [5.41, 5.74) is 7.59. The van der Waals surface area contributed by atoms with Gasteiger partial charge in [-0.15, -0.1) is 0 Å². The molecular weight excluding hydrogens is 339 g/mol. The first kappa shape index (κ1) is 17.7. The molecule has 2 aromatic heterocycles. The largest absolute Gasteiger partial charge is 0.383 e. The van der Waals surface area contributed by atoms with Crippen molar-refractivity contribution < 1.29 is 13.9 Å². The second kappa shape index (κ2) is 7.44. The van der Waals surface area contributed by atoms with Gasteiger partial charge in [-0.25, -0.2) is 19.0 Å². The van der Waals surface area contributed by atoms with Gasteiger partial charge in [-0.1, -0.05) is 19.1 Å². The average Bonchev–Trinajstić information content (AvgIpc) is 3.04. The molecule has 136 valence electrons. The summed E-state index contributed by atoms with van der Waals surface area (Å²) in [6.45, 7) is 2.15. The van der Waals surface area contributed by atoms with Gasteiger partial charge in [0.05, 0.1) is 12.0 Å². The number of carbonyl (C=O) groups excluding carboxylic acids is 1. The van der Waals surface area contributed by atoms with Gasteiger partial charge in [-0.05, 0) is 24.1 Å². The van der Waals surface area contributed by atoms with Crippen molar-refractivity contribution in [2.45, 2.75) is 26.2 Å². The smallest absolute Gasteiger partial charge is 0.277 e. The number of halogens is 1. The van der Waals surface area contributed by atoms with E-state index in [0.29, 0.717) is 12.3 Å². The van der Waals surface area contributed by atoms with Crippen LogP contribution >= 0.6 is 0 Å². The van der Waals surface area contributed by atoms with E-state index in [1.807, 2.05) is 12.1 Å². The van der Waals surface area contributed by atoms with Gasteiger partial charge in [0.25, 0.3) is 5.91 Å². The molecule has 0 aliphatic rings. The van der Waals surface area contributed by atoms with Gasteiger partial charge in [0.15, 0.2) is 17.6 Å². The predicted molar refractivity (Wildman–Crippen MR) is 95.3 cm³/mol. The van der Waals surface area contributed by atoms with Crippen LogP contribution in [0.25, 0.3) is 11.0 Å². The third-order valence-electron chi connectivity index (χ3n) is 3.86. The molecule has 1 amide bonds. The quantitative estimate of drug-likeness (QED) is 0.701. The Morgan fingerprint density at radius 1 is 1.35 bits per heavy atom. The minimum absolute atomic E-state index is 0.0184. The fraction of sp³-hybridized carbons (Fsp3) is 0.294. The summed E-state index contributed by atoms with van der Waals surface area (Å²) >= 11 is 0. The summed E-state index contributed by atoms with van der Waals surface area (Å²) in [4.78, 5) is 20.6. The lowest BCUT2D eigenvalue weighted by molar-refractivity contribution is 0.102. The maximum Gasteiger partial charge on any atom is 0.277 e. The molecule has 0 fully saturated rings. The zero-order valence-electron chi connectivity index (χ0n) is 14.4. The first-order chi connectivity index (χ1) is 12.5. The number of benzene rings is 1. The molecule has 0 saturated heterocycles. The molecular formula is C17H19FN6O2. The Morgan fingerprint density at radius 3 is 2.73 bits per heavy atom. The maximum atomic E-state index is 14.2. The van der Waals surface area contributed by atoms with E-state index in [0.717, 1.165) is 10.2 Å². The molecule has 0 spiro atoms. The molecule has 3 rings (SSSR count). The van der Waals surface area contributed by atoms with E-state index in [2.05, 4.69) is 20.4 Å². The van der Waals surface area contributed by atoms with Crippen LogP contribution in [-0.2, 0) is 11.3 Å². The second-order valence-electron chi connectivity index (χ2n) is 5.68. The maximum absolute atomic E-state index is 14.2. The number of nitrogens with one attached hydrogen (secondary N) is 1. The highest BCUT2D eigenvalue weighted by atomic mass is 19.1. The Bertz CT molecular complexity index is 925. The van der Waals surface area contributed by atoms with Gasteiger partial charge in [0, 0.05) is 12.8 Å². The summed E-state index contributed by atoms with van der Waals surface area (Å²) in [5.74, 6) is -0.441. The monoisotopic (exact) mass is 358 g/mol. The van der Waals surface area contributed by atoms with Crippen LogP contribution in [0.1, 0.15) is 35.7 Å². The molecule has 2 heterocycles. The minimum atomic E-state index is -1.42. The molecule has 9 heteroatoms. The molecule has 0 radical (unpaired) electrons. The number of carbonyl (C=O) groups is 1. The number of amides is 1. The van der Waals surface area contributed by atoms with Crippen LogP contribution < -0.4 is 11.1 Å². The van der Waals surface area contributed by atoms with Gasteiger partial charge in [-0.2, -0.15) is 5.10 Å². The molecule has 3 N–H and O–H groups in total. The number of rotatable bonds is 6. The first-order valence-electron chi connectivity index (χ1n) is 8.07. The van der Waals surface area contributed by atoms with Crippen LogP contribution in [0.3, 0.4) is 0 Å². The van der Waals surface area contributed by atoms with E-state index in [1.165, 1.54) is 6.33 Å². The van der Waals surface area contributed by atoms with Crippen molar-refractivity contribution in [3.63, 3.8) is 0 Å². The second-order valence-corrected chi connectivity index (χ2v) is 5.68. The van der Waals surface area contributed by atoms with Crippen molar-refractivity contribution in [3.8, 4) is 0 Å². The van der Waals surface area contributed by atoms with Crippen LogP contribution in [0.5, 0.6) is 0 Å². The molecule has 1 aromatic carbocycles. The number of hydrogen-bond donors (Lipinski definition) is 2. The highest BCUT2D eigenvalue weighted by molar-refractivity contribution is 6.13. The van der Waals surface area contributed by atoms with Crippen LogP contribution in [0, 0.1) is 0 Å². The summed E-state index contributed by atoms with van der Waals surface area (Å²) in [6, 6.07) is 7.16. The molecule has 0 aliphatic carbocycles. The number of hydrogen-bond acceptors (Lipinski definition) is 6. The molecule has 1 unspecified atom stereocenters. The average molecular weight is 358 g/mol. The Hall–Kier alpha value is -3.07. The summed E-state index contributed by atoms with van der Waals surface area (Å²) in [6.07, 6.45) is -0.0152. The molecule has 0 aliphatic heterocycles. The molecule has 0 saturated carbocycles. The van der Waals surface area contributed by atoms with Crippen molar-refractivity contribution >= 4 is 28.4 Å². The Morgan fingerprint density at radius 2 is 2.08 bits per heavy atom. The molecule has 3 aromatic rings. The number of alkyl halides is 1. The topological polar surface area (TPSA) is 108 Å². The Kier molecular flexibility index (Phi) is 5.08. The minimum Gasteiger partial charge on any atom is -0.383 e. The van der Waals surface area contributed by atoms with Crippen LogP contribution in [0.4, 0.5) is 15.9 Å². The number of methoxy groups -OCH3 is 1. The fourth-order valence-electron chi connectivity index (χ4n) is 2.56. The Balaban J connectivity index is 1.95. The lowest BCUT2D eigenvalue weighted by Gasteiger charge is -2.06. The van der Waals surface area contributed by atoms with Crippen molar-refractivity contribution in [3.05, 3.63) is 41.9 Å². The van der Waals surface area contributed by atoms with Gasteiger partial charge >= 0.3 is 0 Å². The molecule has 26 heavy (non-hydrogen) atoms. The van der Waals surface area contributed by atoms with E-state index in [-0.39, 0.29) is 29.0 Å². The van der Waals surface area contributed by atoms with Crippen LogP contribution in [0.2, 0.25) is 0 Å². The zero-order valence-corrected chi connectivity index (χ0v) is 14.4. The SMILES string of the molecule is CCC(F)n1nc(C(=O)Nc2ccc(COC)cc2)c2c(N)ncnc21. The standard InChI is InChI=1S/C17H19FN6O2/c1-3-12(18)24-16-13(15(19)20-9-21-16)14(23-24)17(25)22-11-6-4-10(5-7-11)8-26-2/h4-7,9,12H,3,8H2,1-2H3,(H,22,25)(H2,19,20,21). The number of nitrogens with zero attached hydrogens (tertiary/aromatic N) is 4. The van der Waals surface area contributed by atoms with Crippen molar-refractivity contribution in [2.24, 2.45) is 0 Å². The van der Waals surface area contributed by atoms with E-state index < -0.39 is 12.2 Å². The highest BCUT2D eigenvalue weighted by Crippen LogP contribution is 2.26. The number of ether oxygens (including phenoxy) is 1. The molecule has 0 bridgehead atoms. The summed E-state index contributed by atoms with van der Waals surface area (Å²) in [7, 11) is 1.61. The van der Waals surface area contributed by atoms with E-state index in [4.69, 9.17) is 10.5 Å². The summed E-state index contributed by atoms with van der Waals surface area (Å²) < 4.78 is 20.3. The zero-order chi connectivity index (χ0) is 18.7. The van der Waals surface area contributed by atoms with E-state index in [1.54, 1.807) is 26.2 Å². The number of anilines is 2. The van der Waals surface area contributed by atoms with Crippen LogP contribution in [-0.4, -0.2) is 32.8 Å². The summed E-state index contributed by atoms with van der Waals surface area (Å²) in [5, 5.41) is 7.05. The van der Waals surface area contributed by atoms with Gasteiger partial charge in [0.2, 0.25) is 0 Å². The van der Waals surface area contributed by atoms with Gasteiger partial charge in [-0.3, -0.25) is 4.79 Å². The predicted octanol–water partition coefficient (Wildman–Crippen LogP) is 2.69. The van der Waals surface area contributed by atoms with Crippen molar-refractivity contribution in [1.29, 1.82) is 0 Å². The number of fused-ring (bicyclic) bond motifs is 1. The van der Waals surface area contributed by atoms with E-state index >= 15 is 0 Å². The molecule has 8 nitrogen and oxygen atoms in total. The number of nitrogen functional groups attached to an aromatic ring is 1. The van der Waals surface area contributed by atoms with Crippen molar-refractivity contribution in [2.75, 3.05) is 18.2 Å². The van der Waals surface area contributed by atoms with Gasteiger partial charge in [0.1, 0.15) is 12.1 Å². The third-order valence-corrected chi connectivity index (χ3v) is 3.86. The number of nitrogens with two attached hydrogens (primary N) is 1. The highest BCUT2D eigenvalue weighted by Gasteiger charge is 2.24. The lowest BCUT2D eigenvalue weighted by atomic mass is 10.2. The lowest BCUT2D eigenvalue weighted by Crippen LogP contribution is -2.14. The number of aromatic nitrogens is 4. The first-order valence-corrected chi connectivity index (χ1v) is 8.07. The third kappa shape index (κ3) is 3.33. The van der Waals surface area contributed by atoms with Gasteiger partial charge < -0.3 is 15.8 Å². The normalized spacial score (nSPS) is 12.3.